The summed E-state index contributed by atoms with van der Waals surface area (Å²) in [6, 6.07) is 0. The van der Waals surface area contributed by atoms with E-state index in [2.05, 4.69) is 4.74 Å². The van der Waals surface area contributed by atoms with Gasteiger partial charge < -0.3 is 19.5 Å². The van der Waals surface area contributed by atoms with Gasteiger partial charge in [-0.25, -0.2) is 4.79 Å². The summed E-state index contributed by atoms with van der Waals surface area (Å²) in [6.45, 7) is 5.73. The Morgan fingerprint density at radius 2 is 1.94 bits per heavy atom. The number of carbonyl (C=O) groups is 2. The quantitative estimate of drug-likeness (QED) is 0.736. The van der Waals surface area contributed by atoms with Crippen LogP contribution in [0.4, 0.5) is 4.79 Å². The molecule has 1 amide bonds. The van der Waals surface area contributed by atoms with E-state index in [-0.39, 0.29) is 19.1 Å². The van der Waals surface area contributed by atoms with Crippen LogP contribution in [0.15, 0.2) is 0 Å². The molecule has 1 heterocycles. The molecular formula is C12H21NO5. The van der Waals surface area contributed by atoms with Crippen LogP contribution in [0.5, 0.6) is 0 Å². The molecule has 0 radical (unpaired) electrons. The van der Waals surface area contributed by atoms with E-state index < -0.39 is 23.6 Å². The van der Waals surface area contributed by atoms with Crippen molar-refractivity contribution in [3.05, 3.63) is 0 Å². The fourth-order valence-corrected chi connectivity index (χ4v) is 1.95. The maximum Gasteiger partial charge on any atom is 0.410 e. The van der Waals surface area contributed by atoms with Gasteiger partial charge in [-0.05, 0) is 20.8 Å². The second-order valence-corrected chi connectivity index (χ2v) is 5.46. The monoisotopic (exact) mass is 259 g/mol. The van der Waals surface area contributed by atoms with Crippen molar-refractivity contribution in [1.29, 1.82) is 0 Å². The molecule has 104 valence electrons. The molecule has 1 saturated heterocycles. The molecule has 0 aliphatic carbocycles. The Balaban J connectivity index is 2.66. The number of amides is 1. The number of hydrogen-bond donors (Lipinski definition) is 1. The van der Waals surface area contributed by atoms with Crippen LogP contribution in [0, 0.1) is 11.8 Å². The highest BCUT2D eigenvalue weighted by molar-refractivity contribution is 5.76. The Morgan fingerprint density at radius 1 is 1.33 bits per heavy atom. The van der Waals surface area contributed by atoms with Crippen LogP contribution in [0.25, 0.3) is 0 Å². The molecule has 1 fully saturated rings. The number of aliphatic hydroxyl groups excluding tert-OH is 1. The lowest BCUT2D eigenvalue weighted by Gasteiger charge is -2.24. The van der Waals surface area contributed by atoms with Crippen molar-refractivity contribution in [2.75, 3.05) is 26.8 Å². The van der Waals surface area contributed by atoms with Crippen molar-refractivity contribution in [3.8, 4) is 0 Å². The Labute approximate surface area is 107 Å². The predicted octanol–water partition coefficient (Wildman–Crippen LogP) is 0.635. The second kappa shape index (κ2) is 5.56. The molecule has 0 aromatic rings. The van der Waals surface area contributed by atoms with Gasteiger partial charge in [0.1, 0.15) is 5.60 Å². The van der Waals surface area contributed by atoms with Crippen LogP contribution in [0.2, 0.25) is 0 Å². The van der Waals surface area contributed by atoms with Gasteiger partial charge in [0, 0.05) is 25.6 Å². The summed E-state index contributed by atoms with van der Waals surface area (Å²) in [5, 5.41) is 9.23. The molecule has 1 aliphatic rings. The van der Waals surface area contributed by atoms with E-state index in [9.17, 15) is 14.7 Å². The van der Waals surface area contributed by atoms with E-state index in [1.165, 1.54) is 12.0 Å². The van der Waals surface area contributed by atoms with Crippen LogP contribution in [-0.4, -0.2) is 54.5 Å². The Bertz CT molecular complexity index is 323. The first-order valence-corrected chi connectivity index (χ1v) is 5.95. The Morgan fingerprint density at radius 3 is 2.39 bits per heavy atom. The van der Waals surface area contributed by atoms with Crippen LogP contribution in [-0.2, 0) is 14.3 Å². The predicted molar refractivity (Wildman–Crippen MR) is 63.9 cm³/mol. The molecule has 0 unspecified atom stereocenters. The Hall–Kier alpha value is -1.30. The molecule has 18 heavy (non-hydrogen) atoms. The molecule has 0 aromatic carbocycles. The lowest BCUT2D eigenvalue weighted by Crippen LogP contribution is -2.36. The zero-order valence-electron chi connectivity index (χ0n) is 11.3. The van der Waals surface area contributed by atoms with E-state index >= 15 is 0 Å². The molecule has 2 atom stereocenters. The number of ether oxygens (including phenoxy) is 2. The summed E-state index contributed by atoms with van der Waals surface area (Å²) in [7, 11) is 1.30. The van der Waals surface area contributed by atoms with Crippen molar-refractivity contribution >= 4 is 12.1 Å². The highest BCUT2D eigenvalue weighted by Crippen LogP contribution is 2.25. The van der Waals surface area contributed by atoms with E-state index in [0.717, 1.165) is 0 Å². The molecule has 1 N–H and O–H groups in total. The minimum absolute atomic E-state index is 0.154. The zero-order valence-corrected chi connectivity index (χ0v) is 11.3. The van der Waals surface area contributed by atoms with E-state index in [1.807, 2.05) is 0 Å². The van der Waals surface area contributed by atoms with Crippen LogP contribution in [0.1, 0.15) is 20.8 Å². The highest BCUT2D eigenvalue weighted by Gasteiger charge is 2.41. The van der Waals surface area contributed by atoms with Crippen LogP contribution in [0.3, 0.4) is 0 Å². The molecule has 1 aliphatic heterocycles. The standard InChI is InChI=1S/C12H21NO5/c1-12(2,3)18-11(16)13-5-8(7-14)9(6-13)10(15)17-4/h8-9,14H,5-7H2,1-4H3/t8-,9+/m1/s1. The number of aliphatic hydroxyl groups is 1. The van der Waals surface area contributed by atoms with Crippen LogP contribution >= 0.6 is 0 Å². The molecule has 6 nitrogen and oxygen atoms in total. The topological polar surface area (TPSA) is 76.1 Å². The normalized spacial score (nSPS) is 23.9. The van der Waals surface area contributed by atoms with Gasteiger partial charge in [0.15, 0.2) is 0 Å². The summed E-state index contributed by atoms with van der Waals surface area (Å²) < 4.78 is 9.90. The number of esters is 1. The fraction of sp³-hybridized carbons (Fsp3) is 0.833. The van der Waals surface area contributed by atoms with Crippen LogP contribution < -0.4 is 0 Å². The fourth-order valence-electron chi connectivity index (χ4n) is 1.95. The van der Waals surface area contributed by atoms with Crippen molar-refractivity contribution in [2.24, 2.45) is 11.8 Å². The van der Waals surface area contributed by atoms with Gasteiger partial charge in [0.2, 0.25) is 0 Å². The third-order valence-corrected chi connectivity index (χ3v) is 2.83. The molecule has 6 heteroatoms. The first kappa shape index (κ1) is 14.8. The molecule has 0 spiro atoms. The Kier molecular flexibility index (Phi) is 4.56. The highest BCUT2D eigenvalue weighted by atomic mass is 16.6. The number of methoxy groups -OCH3 is 1. The van der Waals surface area contributed by atoms with Gasteiger partial charge in [-0.2, -0.15) is 0 Å². The van der Waals surface area contributed by atoms with Crippen molar-refractivity contribution in [2.45, 2.75) is 26.4 Å². The smallest absolute Gasteiger partial charge is 0.410 e. The molecular weight excluding hydrogens is 238 g/mol. The van der Waals surface area contributed by atoms with Crippen molar-refractivity contribution in [1.82, 2.24) is 4.90 Å². The third-order valence-electron chi connectivity index (χ3n) is 2.83. The summed E-state index contributed by atoms with van der Waals surface area (Å²) in [4.78, 5) is 24.8. The maximum atomic E-state index is 11.8. The third kappa shape index (κ3) is 3.60. The number of likely N-dealkylation sites (tertiary alicyclic amines) is 1. The van der Waals surface area contributed by atoms with E-state index in [1.54, 1.807) is 20.8 Å². The molecule has 0 bridgehead atoms. The van der Waals surface area contributed by atoms with Crippen molar-refractivity contribution < 1.29 is 24.2 Å². The summed E-state index contributed by atoms with van der Waals surface area (Å²) in [5.74, 6) is -1.17. The molecule has 0 aromatic heterocycles. The lowest BCUT2D eigenvalue weighted by atomic mass is 9.97. The summed E-state index contributed by atoms with van der Waals surface area (Å²) in [5.41, 5.74) is -0.574. The number of carbonyl (C=O) groups excluding carboxylic acids is 2. The first-order valence-electron chi connectivity index (χ1n) is 5.95. The van der Waals surface area contributed by atoms with E-state index in [4.69, 9.17) is 4.74 Å². The van der Waals surface area contributed by atoms with E-state index in [0.29, 0.717) is 6.54 Å². The maximum absolute atomic E-state index is 11.8. The molecule has 0 saturated carbocycles. The molecule has 1 rings (SSSR count). The average molecular weight is 259 g/mol. The zero-order chi connectivity index (χ0) is 13.9. The summed E-state index contributed by atoms with van der Waals surface area (Å²) in [6.07, 6.45) is -0.465. The second-order valence-electron chi connectivity index (χ2n) is 5.46. The SMILES string of the molecule is COC(=O)[C@H]1CN(C(=O)OC(C)(C)C)C[C@@H]1CO. The van der Waals surface area contributed by atoms with Gasteiger partial charge in [-0.1, -0.05) is 0 Å². The first-order chi connectivity index (χ1) is 8.28. The van der Waals surface area contributed by atoms with Gasteiger partial charge in [0.05, 0.1) is 13.0 Å². The number of nitrogens with zero attached hydrogens (tertiary/aromatic N) is 1. The average Bonchev–Trinajstić information content (AvgIpc) is 2.69. The summed E-state index contributed by atoms with van der Waals surface area (Å²) >= 11 is 0. The largest absolute Gasteiger partial charge is 0.469 e. The van der Waals surface area contributed by atoms with Gasteiger partial charge in [-0.3, -0.25) is 4.79 Å². The minimum atomic E-state index is -0.574. The lowest BCUT2D eigenvalue weighted by molar-refractivity contribution is -0.146. The minimum Gasteiger partial charge on any atom is -0.469 e. The number of hydrogen-bond acceptors (Lipinski definition) is 5. The van der Waals surface area contributed by atoms with Gasteiger partial charge in [0.25, 0.3) is 0 Å². The van der Waals surface area contributed by atoms with Gasteiger partial charge in [-0.15, -0.1) is 0 Å². The van der Waals surface area contributed by atoms with Crippen molar-refractivity contribution in [3.63, 3.8) is 0 Å². The van der Waals surface area contributed by atoms with Gasteiger partial charge >= 0.3 is 12.1 Å². The number of rotatable bonds is 2.